The molecule has 3 aromatic heterocycles. The summed E-state index contributed by atoms with van der Waals surface area (Å²) in [6, 6.07) is -3.49. The van der Waals surface area contributed by atoms with Crippen LogP contribution in [0.1, 0.15) is 111 Å². The maximum Gasteiger partial charge on any atom is 0.307 e. The number of aromatic amines is 3. The molecule has 3 heterocycles. The number of ether oxygens (including phenoxy) is 1. The summed E-state index contributed by atoms with van der Waals surface area (Å²) in [7, 11) is 1.11. The number of rotatable bonds is 44. The molecular weight excluding hydrogens is 1490 g/mol. The van der Waals surface area contributed by atoms with Crippen LogP contribution in [0.25, 0.3) is 21.8 Å². The minimum Gasteiger partial charge on any atom is -0.481 e. The fourth-order valence-corrected chi connectivity index (χ4v) is 12.0. The number of hydrogen-bond acceptors (Lipinski definition) is 22. The van der Waals surface area contributed by atoms with E-state index in [-0.39, 0.29) is 55.4 Å². The number of carbonyl (C=O) groups is 16. The van der Waals surface area contributed by atoms with E-state index in [1.54, 1.807) is 102 Å². The van der Waals surface area contributed by atoms with Gasteiger partial charge in [-0.05, 0) is 74.1 Å². The van der Waals surface area contributed by atoms with E-state index >= 15 is 0 Å². The van der Waals surface area contributed by atoms with Gasteiger partial charge in [-0.1, -0.05) is 77.9 Å². The van der Waals surface area contributed by atoms with Gasteiger partial charge in [0.15, 0.2) is 0 Å². The summed E-state index contributed by atoms with van der Waals surface area (Å²) in [5.41, 5.74) is 8.64. The van der Waals surface area contributed by atoms with Crippen molar-refractivity contribution in [1.82, 2.24) is 89.1 Å². The molecule has 0 unspecified atom stereocenters. The number of nitrogens with one attached hydrogen (secondary N) is 16. The molecule has 37 nitrogen and oxygen atoms in total. The average molecular weight is 1590 g/mol. The van der Waals surface area contributed by atoms with Gasteiger partial charge >= 0.3 is 11.9 Å². The van der Waals surface area contributed by atoms with Crippen LogP contribution in [0, 0.1) is 17.8 Å². The zero-order valence-corrected chi connectivity index (χ0v) is 65.0. The van der Waals surface area contributed by atoms with Crippen molar-refractivity contribution in [2.75, 3.05) is 25.2 Å². The monoisotopic (exact) mass is 1590 g/mol. The van der Waals surface area contributed by atoms with Crippen molar-refractivity contribution >= 4 is 142 Å². The van der Waals surface area contributed by atoms with Crippen LogP contribution in [-0.2, 0) is 101 Å². The highest BCUT2D eigenvalue weighted by atomic mass is 32.1. The molecule has 13 atom stereocenters. The van der Waals surface area contributed by atoms with E-state index < -0.39 is 205 Å². The molecule has 39 heteroatoms. The van der Waals surface area contributed by atoms with Crippen molar-refractivity contribution in [3.05, 3.63) is 90.3 Å². The Morgan fingerprint density at radius 2 is 0.946 bits per heavy atom. The van der Waals surface area contributed by atoms with Crippen LogP contribution >= 0.6 is 25.3 Å². The van der Waals surface area contributed by atoms with Crippen molar-refractivity contribution in [1.29, 1.82) is 0 Å². The Balaban J connectivity index is 1.32. The number of H-pyrrole nitrogens is 3. The number of imide groups is 1. The van der Waals surface area contributed by atoms with E-state index in [1.165, 1.54) is 26.4 Å². The number of aliphatic hydroxyl groups excluding tert-OH is 1. The number of nitrogens with zero attached hydrogens (tertiary/aromatic N) is 1. The molecule has 5 aromatic rings. The summed E-state index contributed by atoms with van der Waals surface area (Å²) in [4.78, 5) is 230. The van der Waals surface area contributed by atoms with Gasteiger partial charge in [-0.2, -0.15) is 25.3 Å². The zero-order valence-electron chi connectivity index (χ0n) is 63.2. The van der Waals surface area contributed by atoms with E-state index in [2.05, 4.69) is 114 Å². The number of para-hydroxylation sites is 2. The third kappa shape index (κ3) is 28.8. The van der Waals surface area contributed by atoms with Crippen LogP contribution < -0.4 is 74.9 Å². The first kappa shape index (κ1) is 90.7. The fraction of sp³-hybridized carbons (Fsp3) is 0.514. The molecule has 0 radical (unpaired) electrons. The summed E-state index contributed by atoms with van der Waals surface area (Å²) in [6.45, 7) is 12.8. The zero-order chi connectivity index (χ0) is 82.5. The predicted molar refractivity (Wildman–Crippen MR) is 410 cm³/mol. The lowest BCUT2D eigenvalue weighted by atomic mass is 9.98. The van der Waals surface area contributed by atoms with Crippen molar-refractivity contribution in [2.45, 2.75) is 192 Å². The summed E-state index contributed by atoms with van der Waals surface area (Å²) in [5.74, 6) is -17.1. The van der Waals surface area contributed by atoms with Gasteiger partial charge in [-0.25, -0.2) is 4.98 Å². The number of thiol groups is 2. The Morgan fingerprint density at radius 1 is 0.505 bits per heavy atom. The molecular formula is C72H102N18O19S2. The number of aromatic nitrogens is 4. The molecule has 0 aliphatic carbocycles. The molecule has 0 spiro atoms. The second-order valence-corrected chi connectivity index (χ2v) is 28.6. The highest BCUT2D eigenvalue weighted by molar-refractivity contribution is 7.80. The first-order chi connectivity index (χ1) is 52.4. The number of fused-ring (bicyclic) bond motifs is 2. The van der Waals surface area contributed by atoms with Crippen molar-refractivity contribution in [2.24, 2.45) is 23.5 Å². The standard InChI is InChI=1S/C72H102N18O19S2/c1-34(2)21-49(83-67(103)53(25-42-29-74-33-78-42)85-65(101)51(23-40-27-75-46-17-13-11-15-43(40)46)82-61(97)37(7)79-69(105)54(31-110)87-62(98)45(73)26-58(96)109-10)63(99)77-30-56(93)81-48(19-20-57(94)95)64(100)84-50(22-35(3)4)68(104)89-59(36(5)6)71(107)86-52(24-41-28-76-47-18-14-12-16-44(41)47)66(102)88-55(32-111)70(106)90-60(38(8)91)72(108)80-39(9)92/h11-18,27-29,33-38,45,48-55,59-60,75-76,91,110-111H,19-26,30-32,73H2,1-10H3,(H,74,78)(H,77,99)(H,79,105)(H,81,93)(H,82,97)(H,83,103)(H,84,100)(H,85,101)(H,86,107)(H,87,98)(H,88,102)(H,89,104)(H,90,106)(H,94,95)(H,80,92,108)/t37-,38+,45-,48-,49-,50-,51-,52-,53-,54-,55-,59-,60-/m0/s1. The Bertz CT molecular complexity index is 4110. The average Bonchev–Trinajstić information content (AvgIpc) is 1.77. The highest BCUT2D eigenvalue weighted by Gasteiger charge is 2.38. The van der Waals surface area contributed by atoms with Gasteiger partial charge in [0, 0.05) is 90.2 Å². The lowest BCUT2D eigenvalue weighted by Crippen LogP contribution is -2.62. The Hall–Kier alpha value is -10.9. The van der Waals surface area contributed by atoms with Gasteiger partial charge in [0.1, 0.15) is 66.5 Å². The Morgan fingerprint density at radius 3 is 1.42 bits per heavy atom. The maximum absolute atomic E-state index is 14.7. The normalized spacial score (nSPS) is 14.8. The molecule has 0 saturated heterocycles. The van der Waals surface area contributed by atoms with E-state index in [0.717, 1.165) is 14.0 Å². The number of benzene rings is 2. The lowest BCUT2D eigenvalue weighted by Gasteiger charge is -2.29. The minimum absolute atomic E-state index is 0.0494. The molecule has 606 valence electrons. The molecule has 0 saturated carbocycles. The molecule has 0 fully saturated rings. The maximum atomic E-state index is 14.7. The number of nitrogens with two attached hydrogens (primary N) is 1. The van der Waals surface area contributed by atoms with Crippen molar-refractivity contribution < 1.29 is 91.7 Å². The summed E-state index contributed by atoms with van der Waals surface area (Å²) in [5, 5.41) is 53.9. The number of hydrogen-bond donors (Lipinski definition) is 21. The molecule has 0 aliphatic rings. The molecule has 2 aromatic carbocycles. The topological polar surface area (TPSA) is 565 Å². The number of amides is 14. The van der Waals surface area contributed by atoms with E-state index in [9.17, 15) is 86.9 Å². The fourth-order valence-electron chi connectivity index (χ4n) is 11.5. The largest absolute Gasteiger partial charge is 0.481 e. The molecule has 14 amide bonds. The second kappa shape index (κ2) is 44.1. The molecule has 20 N–H and O–H groups in total. The first-order valence-electron chi connectivity index (χ1n) is 35.9. The lowest BCUT2D eigenvalue weighted by molar-refractivity contribution is -0.143. The smallest absolute Gasteiger partial charge is 0.307 e. The van der Waals surface area contributed by atoms with E-state index in [1.807, 2.05) is 5.32 Å². The van der Waals surface area contributed by atoms with Gasteiger partial charge in [-0.15, -0.1) is 0 Å². The Labute approximate surface area is 650 Å². The Kier molecular flexibility index (Phi) is 36.0. The number of carbonyl (C=O) groups excluding carboxylic acids is 15. The number of methoxy groups -OCH3 is 1. The minimum atomic E-state index is -1.67. The van der Waals surface area contributed by atoms with Gasteiger partial charge in [0.05, 0.1) is 38.5 Å². The van der Waals surface area contributed by atoms with Crippen LogP contribution in [0.15, 0.2) is 73.4 Å². The summed E-state index contributed by atoms with van der Waals surface area (Å²) in [6.07, 6.45) is 1.96. The van der Waals surface area contributed by atoms with Crippen LogP contribution in [0.3, 0.4) is 0 Å². The number of aliphatic carboxylic acids is 1. The van der Waals surface area contributed by atoms with Gasteiger partial charge in [0.2, 0.25) is 76.8 Å². The van der Waals surface area contributed by atoms with Gasteiger partial charge in [0.25, 0.3) is 5.91 Å². The number of imidazole rings is 1. The van der Waals surface area contributed by atoms with Gasteiger partial charge < -0.3 is 99.4 Å². The quantitative estimate of drug-likeness (QED) is 0.0139. The SMILES string of the molecule is COC(=O)C[C@H](N)C(=O)N[C@@H](CS)C(=O)N[C@@H](C)C(=O)N[C@@H](Cc1c[nH]c2ccccc12)C(=O)N[C@@H](Cc1cnc[nH]1)C(=O)N[C@@H](CC(C)C)C(=O)NCC(=O)N[C@@H](CCC(=O)O)C(=O)N[C@@H](CC(C)C)C(=O)N[C@H](C(=O)N[C@@H](Cc1c[nH]c2ccccc12)C(=O)N[C@@H](CS)C(=O)N[C@H](C(=O)NC(C)=O)[C@@H](C)O)C(C)C. The first-order valence-corrected chi connectivity index (χ1v) is 37.1. The summed E-state index contributed by atoms with van der Waals surface area (Å²) >= 11 is 8.39. The van der Waals surface area contributed by atoms with E-state index in [0.29, 0.717) is 38.6 Å². The third-order valence-corrected chi connectivity index (χ3v) is 18.2. The molecule has 5 rings (SSSR count). The van der Waals surface area contributed by atoms with Crippen LogP contribution in [0.4, 0.5) is 0 Å². The van der Waals surface area contributed by atoms with Crippen LogP contribution in [0.5, 0.6) is 0 Å². The predicted octanol–water partition coefficient (Wildman–Crippen LogP) is -2.72. The van der Waals surface area contributed by atoms with Crippen molar-refractivity contribution in [3.63, 3.8) is 0 Å². The molecule has 0 bridgehead atoms. The van der Waals surface area contributed by atoms with Crippen molar-refractivity contribution in [3.8, 4) is 0 Å². The van der Waals surface area contributed by atoms with Crippen LogP contribution in [-0.4, -0.2) is 229 Å². The van der Waals surface area contributed by atoms with E-state index in [4.69, 9.17) is 5.73 Å². The second-order valence-electron chi connectivity index (χ2n) is 27.9. The molecule has 0 aliphatic heterocycles. The molecule has 111 heavy (non-hydrogen) atoms. The third-order valence-electron chi connectivity index (χ3n) is 17.4. The van der Waals surface area contributed by atoms with Gasteiger partial charge in [-0.3, -0.25) is 82.0 Å². The summed E-state index contributed by atoms with van der Waals surface area (Å²) < 4.78 is 4.56. The number of esters is 1. The number of carboxylic acid groups (broad SMARTS) is 1. The van der Waals surface area contributed by atoms with Crippen LogP contribution in [0.2, 0.25) is 0 Å². The highest BCUT2D eigenvalue weighted by Crippen LogP contribution is 2.22. The number of aliphatic hydroxyl groups is 1. The number of carboxylic acids is 1.